The van der Waals surface area contributed by atoms with Crippen molar-refractivity contribution in [1.29, 1.82) is 0 Å². The van der Waals surface area contributed by atoms with Crippen LogP contribution in [0.3, 0.4) is 0 Å². The molecule has 0 heterocycles. The summed E-state index contributed by atoms with van der Waals surface area (Å²) in [5.41, 5.74) is 1.66. The molecule has 2 heteroatoms. The number of carbonyl (C=O) groups is 1. The number of hydrogen-bond donors (Lipinski definition) is 1. The average Bonchev–Trinajstić information content (AvgIpc) is 2.48. The molecular formula is C17H12O2. The van der Waals surface area contributed by atoms with Crippen LogP contribution in [-0.2, 0) is 4.79 Å². The third-order valence-electron chi connectivity index (χ3n) is 2.03. The zero-order chi connectivity index (χ0) is 13.9. The number of aliphatic carboxylic acids is 1. The first kappa shape index (κ1) is 14.1. The Morgan fingerprint density at radius 2 is 1.37 bits per heavy atom. The predicted molar refractivity (Wildman–Crippen MR) is 75.3 cm³/mol. The van der Waals surface area contributed by atoms with Gasteiger partial charge in [0.05, 0.1) is 0 Å². The molecule has 2 rings (SSSR count). The van der Waals surface area contributed by atoms with Gasteiger partial charge in [-0.3, -0.25) is 0 Å². The largest absolute Gasteiger partial charge is 0.472 e. The highest BCUT2D eigenvalue weighted by Crippen LogP contribution is 1.94. The van der Waals surface area contributed by atoms with Gasteiger partial charge in [0.25, 0.3) is 0 Å². The third kappa shape index (κ3) is 6.36. The predicted octanol–water partition coefficient (Wildman–Crippen LogP) is 2.79. The van der Waals surface area contributed by atoms with Crippen molar-refractivity contribution < 1.29 is 9.90 Å². The summed E-state index contributed by atoms with van der Waals surface area (Å²) >= 11 is 0. The van der Waals surface area contributed by atoms with Crippen LogP contribution in [0.15, 0.2) is 60.7 Å². The molecule has 0 fully saturated rings. The SMILES string of the molecule is C#Cc1ccccc1.O=C(O)C#Cc1ccccc1. The van der Waals surface area contributed by atoms with Gasteiger partial charge in [0, 0.05) is 17.0 Å². The van der Waals surface area contributed by atoms with Crippen LogP contribution >= 0.6 is 0 Å². The minimum Gasteiger partial charge on any atom is -0.472 e. The van der Waals surface area contributed by atoms with Crippen molar-refractivity contribution in [3.8, 4) is 24.2 Å². The van der Waals surface area contributed by atoms with Gasteiger partial charge in [-0.2, -0.15) is 0 Å². The van der Waals surface area contributed by atoms with Gasteiger partial charge >= 0.3 is 5.97 Å². The Balaban J connectivity index is 0.000000200. The summed E-state index contributed by atoms with van der Waals surface area (Å²) in [6.45, 7) is 0. The molecule has 0 aliphatic rings. The molecule has 2 aromatic rings. The maximum atomic E-state index is 10.00. The smallest absolute Gasteiger partial charge is 0.382 e. The van der Waals surface area contributed by atoms with Crippen LogP contribution in [0.4, 0.5) is 0 Å². The van der Waals surface area contributed by atoms with Crippen LogP contribution < -0.4 is 0 Å². The lowest BCUT2D eigenvalue weighted by Crippen LogP contribution is -1.86. The molecule has 2 nitrogen and oxygen atoms in total. The molecule has 0 saturated heterocycles. The van der Waals surface area contributed by atoms with E-state index in [9.17, 15) is 4.79 Å². The van der Waals surface area contributed by atoms with E-state index in [1.807, 2.05) is 54.5 Å². The highest BCUT2D eigenvalue weighted by Gasteiger charge is 1.84. The summed E-state index contributed by atoms with van der Waals surface area (Å²) in [4.78, 5) is 10.00. The highest BCUT2D eigenvalue weighted by atomic mass is 16.4. The van der Waals surface area contributed by atoms with Gasteiger partial charge in [0.2, 0.25) is 0 Å². The minimum absolute atomic E-state index is 0.718. The summed E-state index contributed by atoms with van der Waals surface area (Å²) in [6, 6.07) is 18.6. The van der Waals surface area contributed by atoms with E-state index in [1.165, 1.54) is 0 Å². The fraction of sp³-hybridized carbons (Fsp3) is 0. The van der Waals surface area contributed by atoms with Gasteiger partial charge < -0.3 is 5.11 Å². The van der Waals surface area contributed by atoms with Crippen molar-refractivity contribution in [2.45, 2.75) is 0 Å². The summed E-state index contributed by atoms with van der Waals surface area (Å²) in [6.07, 6.45) is 5.10. The molecule has 0 radical (unpaired) electrons. The Morgan fingerprint density at radius 1 is 0.895 bits per heavy atom. The van der Waals surface area contributed by atoms with Crippen molar-refractivity contribution in [3.63, 3.8) is 0 Å². The molecular weight excluding hydrogens is 236 g/mol. The molecule has 0 unspecified atom stereocenters. The molecule has 0 atom stereocenters. The lowest BCUT2D eigenvalue weighted by atomic mass is 10.2. The molecule has 0 spiro atoms. The summed E-state index contributed by atoms with van der Waals surface area (Å²) in [5.74, 6) is 5.95. The Labute approximate surface area is 112 Å². The first-order valence-corrected chi connectivity index (χ1v) is 5.54. The van der Waals surface area contributed by atoms with E-state index in [0.29, 0.717) is 0 Å². The van der Waals surface area contributed by atoms with E-state index < -0.39 is 5.97 Å². The maximum absolute atomic E-state index is 10.00. The summed E-state index contributed by atoms with van der Waals surface area (Å²) < 4.78 is 0. The number of carboxylic acid groups (broad SMARTS) is 1. The quantitative estimate of drug-likeness (QED) is 0.728. The Hall–Kier alpha value is -2.97. The summed E-state index contributed by atoms with van der Waals surface area (Å²) in [5, 5.41) is 8.20. The van der Waals surface area contributed by atoms with Crippen molar-refractivity contribution in [1.82, 2.24) is 0 Å². The van der Waals surface area contributed by atoms with Gasteiger partial charge in [0.1, 0.15) is 0 Å². The van der Waals surface area contributed by atoms with Gasteiger partial charge in [-0.1, -0.05) is 48.2 Å². The first-order chi connectivity index (χ1) is 9.22. The molecule has 0 aliphatic heterocycles. The minimum atomic E-state index is -1.10. The lowest BCUT2D eigenvalue weighted by molar-refractivity contribution is -0.130. The van der Waals surface area contributed by atoms with Crippen LogP contribution in [0.1, 0.15) is 11.1 Å². The molecule has 19 heavy (non-hydrogen) atoms. The lowest BCUT2D eigenvalue weighted by Gasteiger charge is -1.83. The van der Waals surface area contributed by atoms with E-state index in [2.05, 4.69) is 11.8 Å². The second kappa shape index (κ2) is 8.17. The van der Waals surface area contributed by atoms with Crippen LogP contribution in [-0.4, -0.2) is 11.1 Å². The summed E-state index contributed by atoms with van der Waals surface area (Å²) in [7, 11) is 0. The normalized spacial score (nSPS) is 7.95. The fourth-order valence-corrected chi connectivity index (χ4v) is 1.18. The van der Waals surface area contributed by atoms with Crippen LogP contribution in [0.5, 0.6) is 0 Å². The Morgan fingerprint density at radius 3 is 1.74 bits per heavy atom. The van der Waals surface area contributed by atoms with Crippen molar-refractivity contribution in [3.05, 3.63) is 71.8 Å². The molecule has 0 amide bonds. The number of carboxylic acids is 1. The first-order valence-electron chi connectivity index (χ1n) is 5.54. The van der Waals surface area contributed by atoms with E-state index in [0.717, 1.165) is 11.1 Å². The zero-order valence-electron chi connectivity index (χ0n) is 10.2. The molecule has 92 valence electrons. The number of rotatable bonds is 0. The second-order valence-corrected chi connectivity index (χ2v) is 3.43. The van der Waals surface area contributed by atoms with E-state index in [1.54, 1.807) is 12.1 Å². The van der Waals surface area contributed by atoms with Crippen molar-refractivity contribution in [2.75, 3.05) is 0 Å². The second-order valence-electron chi connectivity index (χ2n) is 3.43. The maximum Gasteiger partial charge on any atom is 0.382 e. The van der Waals surface area contributed by atoms with Gasteiger partial charge in [-0.15, -0.1) is 6.42 Å². The van der Waals surface area contributed by atoms with Gasteiger partial charge in [0.15, 0.2) is 0 Å². The van der Waals surface area contributed by atoms with Crippen molar-refractivity contribution in [2.24, 2.45) is 0 Å². The molecule has 0 aromatic heterocycles. The van der Waals surface area contributed by atoms with Crippen molar-refractivity contribution >= 4 is 5.97 Å². The molecule has 0 bridgehead atoms. The van der Waals surface area contributed by atoms with E-state index in [-0.39, 0.29) is 0 Å². The monoisotopic (exact) mass is 248 g/mol. The number of hydrogen-bond acceptors (Lipinski definition) is 1. The van der Waals surface area contributed by atoms with Gasteiger partial charge in [-0.25, -0.2) is 4.79 Å². The zero-order valence-corrected chi connectivity index (χ0v) is 10.2. The van der Waals surface area contributed by atoms with Crippen LogP contribution in [0.2, 0.25) is 0 Å². The van der Waals surface area contributed by atoms with Gasteiger partial charge in [-0.05, 0) is 24.3 Å². The fourth-order valence-electron chi connectivity index (χ4n) is 1.18. The topological polar surface area (TPSA) is 37.3 Å². The molecule has 0 saturated carbocycles. The molecule has 1 N–H and O–H groups in total. The standard InChI is InChI=1S/C9H6O2.C8H6/c10-9(11)7-6-8-4-2-1-3-5-8;1-2-8-6-4-3-5-7-8/h1-5H,(H,10,11);1,3-7H. The van der Waals surface area contributed by atoms with E-state index in [4.69, 9.17) is 11.5 Å². The Kier molecular flexibility index (Phi) is 6.06. The molecule has 2 aromatic carbocycles. The van der Waals surface area contributed by atoms with E-state index >= 15 is 0 Å². The Bertz CT molecular complexity index is 611. The number of terminal acetylenes is 1. The van der Waals surface area contributed by atoms with Crippen LogP contribution in [0, 0.1) is 24.2 Å². The van der Waals surface area contributed by atoms with Crippen LogP contribution in [0.25, 0.3) is 0 Å². The third-order valence-corrected chi connectivity index (χ3v) is 2.03. The highest BCUT2D eigenvalue weighted by molar-refractivity contribution is 5.87. The number of benzene rings is 2. The molecule has 0 aliphatic carbocycles. The average molecular weight is 248 g/mol.